The molecule has 4 rings (SSSR count). The van der Waals surface area contributed by atoms with Gasteiger partial charge in [-0.15, -0.1) is 0 Å². The molecule has 4 fully saturated rings. The van der Waals surface area contributed by atoms with Gasteiger partial charge in [-0.2, -0.15) is 0 Å². The van der Waals surface area contributed by atoms with Crippen molar-refractivity contribution in [2.75, 3.05) is 40.0 Å². The monoisotopic (exact) mass is 264 g/mol. The molecule has 0 unspecified atom stereocenters. The molecule has 4 saturated heterocycles. The first-order valence-electron chi connectivity index (χ1n) is 5.34. The lowest BCUT2D eigenvalue weighted by Gasteiger charge is -2.56. The molecule has 4 bridgehead atoms. The third-order valence-electron chi connectivity index (χ3n) is 2.40. The van der Waals surface area contributed by atoms with Crippen LogP contribution in [0.25, 0.3) is 0 Å². The van der Waals surface area contributed by atoms with Crippen LogP contribution in [0.3, 0.4) is 0 Å². The molecule has 0 aliphatic carbocycles. The third kappa shape index (κ3) is 6.06. The fourth-order valence-electron chi connectivity index (χ4n) is 2.23. The Balaban J connectivity index is 0.000000174. The first-order valence-corrected chi connectivity index (χ1v) is 5.34. The molecule has 0 radical (unpaired) electrons. The maximum atomic E-state index is 7.17. The summed E-state index contributed by atoms with van der Waals surface area (Å²) in [7, 11) is -4.33. The van der Waals surface area contributed by atoms with E-state index in [4.69, 9.17) is 30.1 Å². The summed E-state index contributed by atoms with van der Waals surface area (Å²) in [4.78, 5) is 9.88. The van der Waals surface area contributed by atoms with Crippen LogP contribution in [0.15, 0.2) is 0 Å². The van der Waals surface area contributed by atoms with Gasteiger partial charge in [-0.1, -0.05) is 0 Å². The Morgan fingerprint density at radius 3 is 0.667 bits per heavy atom. The second-order valence-electron chi connectivity index (χ2n) is 4.22. The minimum Gasteiger partial charge on any atom is -0.402 e. The maximum absolute atomic E-state index is 7.17. The summed E-state index contributed by atoms with van der Waals surface area (Å²) in [5, 5.41) is 43.0. The topological polar surface area (TPSA) is 134 Å². The molecule has 0 aromatic rings. The molecule has 18 heavy (non-hydrogen) atoms. The summed E-state index contributed by atoms with van der Waals surface area (Å²) in [5.41, 5.74) is 0. The molecule has 0 amide bonds. The zero-order valence-electron chi connectivity index (χ0n) is 9.87. The molecule has 10 nitrogen and oxygen atoms in total. The van der Waals surface area contributed by atoms with Gasteiger partial charge in [0, 0.05) is 0 Å². The summed E-state index contributed by atoms with van der Waals surface area (Å²) >= 11 is 0. The van der Waals surface area contributed by atoms with Gasteiger partial charge in [0.25, 0.3) is 0 Å². The zero-order chi connectivity index (χ0) is 13.7. The van der Waals surface area contributed by atoms with E-state index in [-0.39, 0.29) is 0 Å². The maximum Gasteiger partial charge on any atom is 0.631 e. The van der Waals surface area contributed by atoms with Crippen molar-refractivity contribution in [3.8, 4) is 0 Å². The number of nitrogens with zero attached hydrogens (tertiary/aromatic N) is 4. The normalized spacial score (nSPS) is 35.0. The highest BCUT2D eigenvalue weighted by Crippen LogP contribution is 2.20. The average Bonchev–Trinajstić information content (AvgIpc) is 2.12. The Morgan fingerprint density at radius 1 is 0.444 bits per heavy atom. The van der Waals surface area contributed by atoms with Crippen molar-refractivity contribution in [1.29, 1.82) is 0 Å². The Labute approximate surface area is 105 Å². The molecule has 4 aliphatic rings. The lowest BCUT2D eigenvalue weighted by molar-refractivity contribution is -0.194. The van der Waals surface area contributed by atoms with Gasteiger partial charge in [0.1, 0.15) is 0 Å². The van der Waals surface area contributed by atoms with Crippen LogP contribution in [0.2, 0.25) is 0 Å². The van der Waals surface area contributed by atoms with E-state index in [0.29, 0.717) is 0 Å². The molecular weight excluding hydrogens is 246 g/mol. The van der Waals surface area contributed by atoms with Gasteiger partial charge < -0.3 is 30.1 Å². The second-order valence-corrected chi connectivity index (χ2v) is 4.22. The van der Waals surface area contributed by atoms with Gasteiger partial charge in [-0.05, 0) is 0 Å². The van der Waals surface area contributed by atoms with Crippen LogP contribution in [0, 0.1) is 0 Å². The predicted molar refractivity (Wildman–Crippen MR) is 61.4 cm³/mol. The summed E-state index contributed by atoms with van der Waals surface area (Å²) < 4.78 is 0. The van der Waals surface area contributed by atoms with Gasteiger partial charge in [-0.3, -0.25) is 19.6 Å². The summed E-state index contributed by atoms with van der Waals surface area (Å²) in [6.07, 6.45) is 0. The molecule has 4 aliphatic heterocycles. The summed E-state index contributed by atoms with van der Waals surface area (Å²) in [6, 6.07) is 0. The van der Waals surface area contributed by atoms with E-state index in [0.717, 1.165) is 0 Å². The standard InChI is InChI=1S/C6H12N4.2BH3O3/c1-7-2-9-4-8(1)5-10(3-7)6-9;2*2-1(3)4/h1-6H2;2*2-4H. The van der Waals surface area contributed by atoms with Crippen molar-refractivity contribution in [2.24, 2.45) is 0 Å². The summed E-state index contributed by atoms with van der Waals surface area (Å²) in [6.45, 7) is 7.12. The fraction of sp³-hybridized carbons (Fsp3) is 1.00. The van der Waals surface area contributed by atoms with E-state index in [2.05, 4.69) is 19.6 Å². The van der Waals surface area contributed by atoms with Crippen LogP contribution in [0.5, 0.6) is 0 Å². The third-order valence-corrected chi connectivity index (χ3v) is 2.40. The summed E-state index contributed by atoms with van der Waals surface area (Å²) in [5.74, 6) is 0. The Kier molecular flexibility index (Phi) is 6.45. The van der Waals surface area contributed by atoms with Gasteiger partial charge >= 0.3 is 14.6 Å². The fourth-order valence-corrected chi connectivity index (χ4v) is 2.23. The largest absolute Gasteiger partial charge is 0.631 e. The molecular formula is C6H18B2N4O6. The zero-order valence-corrected chi connectivity index (χ0v) is 9.87. The Morgan fingerprint density at radius 2 is 0.556 bits per heavy atom. The first kappa shape index (κ1) is 15.8. The van der Waals surface area contributed by atoms with Crippen molar-refractivity contribution in [2.45, 2.75) is 0 Å². The molecule has 0 aromatic heterocycles. The molecule has 6 N–H and O–H groups in total. The SMILES string of the molecule is C1N2CN3CN1CN(C2)C3.OB(O)O.OB(O)O. The average molecular weight is 264 g/mol. The van der Waals surface area contributed by atoms with E-state index < -0.39 is 14.6 Å². The Bertz CT molecular complexity index is 180. The minimum atomic E-state index is -2.17. The first-order chi connectivity index (χ1) is 8.36. The van der Waals surface area contributed by atoms with E-state index in [1.54, 1.807) is 0 Å². The molecule has 12 heteroatoms. The van der Waals surface area contributed by atoms with Crippen molar-refractivity contribution >= 4 is 14.6 Å². The van der Waals surface area contributed by atoms with E-state index in [1.807, 2.05) is 0 Å². The Hall–Kier alpha value is -0.270. The van der Waals surface area contributed by atoms with Crippen molar-refractivity contribution < 1.29 is 30.1 Å². The van der Waals surface area contributed by atoms with Crippen LogP contribution in [0.1, 0.15) is 0 Å². The molecule has 0 aromatic carbocycles. The van der Waals surface area contributed by atoms with Crippen LogP contribution in [0.4, 0.5) is 0 Å². The van der Waals surface area contributed by atoms with Gasteiger partial charge in [0.2, 0.25) is 0 Å². The van der Waals surface area contributed by atoms with E-state index in [1.165, 1.54) is 40.0 Å². The van der Waals surface area contributed by atoms with E-state index in [9.17, 15) is 0 Å². The van der Waals surface area contributed by atoms with Crippen LogP contribution in [-0.2, 0) is 0 Å². The minimum absolute atomic E-state index is 1.19. The number of rotatable bonds is 0. The van der Waals surface area contributed by atoms with E-state index >= 15 is 0 Å². The number of hydrogen-bond donors (Lipinski definition) is 6. The van der Waals surface area contributed by atoms with Gasteiger partial charge in [0.05, 0.1) is 40.0 Å². The molecule has 0 spiro atoms. The predicted octanol–water partition coefficient (Wildman–Crippen LogP) is -5.12. The molecule has 0 saturated carbocycles. The highest BCUT2D eigenvalue weighted by molar-refractivity contribution is 6.30. The highest BCUT2D eigenvalue weighted by Gasteiger charge is 2.36. The quantitative estimate of drug-likeness (QED) is 0.236. The van der Waals surface area contributed by atoms with Gasteiger partial charge in [0.15, 0.2) is 0 Å². The molecule has 4 heterocycles. The lowest BCUT2D eigenvalue weighted by Crippen LogP contribution is -2.71. The van der Waals surface area contributed by atoms with Crippen LogP contribution >= 0.6 is 0 Å². The highest BCUT2D eigenvalue weighted by atomic mass is 16.5. The molecule has 104 valence electrons. The van der Waals surface area contributed by atoms with Crippen molar-refractivity contribution in [1.82, 2.24) is 19.6 Å². The van der Waals surface area contributed by atoms with Gasteiger partial charge in [-0.25, -0.2) is 0 Å². The van der Waals surface area contributed by atoms with Crippen molar-refractivity contribution in [3.05, 3.63) is 0 Å². The lowest BCUT2D eigenvalue weighted by atomic mass is 10.3. The van der Waals surface area contributed by atoms with Crippen LogP contribution < -0.4 is 0 Å². The van der Waals surface area contributed by atoms with Crippen LogP contribution in [-0.4, -0.2) is 104 Å². The molecule has 0 atom stereocenters. The smallest absolute Gasteiger partial charge is 0.402 e. The second kappa shape index (κ2) is 7.35. The van der Waals surface area contributed by atoms with Crippen molar-refractivity contribution in [3.63, 3.8) is 0 Å². The number of hydrogen-bond acceptors (Lipinski definition) is 10.